The van der Waals surface area contributed by atoms with Crippen LogP contribution in [0.2, 0.25) is 0 Å². The number of nitrogens with zero attached hydrogens (tertiary/aromatic N) is 2. The summed E-state index contributed by atoms with van der Waals surface area (Å²) in [6.45, 7) is 3.72. The maximum atomic E-state index is 12.0. The number of anilines is 1. The highest BCUT2D eigenvalue weighted by atomic mass is 16.2. The molecule has 0 fully saturated rings. The third kappa shape index (κ3) is 4.06. The molecule has 1 amide bonds. The zero-order valence-electron chi connectivity index (χ0n) is 12.8. The first-order valence-corrected chi connectivity index (χ1v) is 6.93. The fourth-order valence-corrected chi connectivity index (χ4v) is 1.91. The second kappa shape index (κ2) is 7.22. The lowest BCUT2D eigenvalue weighted by Crippen LogP contribution is -2.17. The quantitative estimate of drug-likeness (QED) is 0.680. The number of hydrazone groups is 1. The standard InChI is InChI=1S/C18H19N3O/c1-4-14-6-5-7-15(12-14)13-19-20-18(22)16-8-10-17(11-9-16)21(2)3/h4-13H,1H2,2-3H3,(H,20,22)/b19-13+. The molecular formula is C18H19N3O. The van der Waals surface area contributed by atoms with Crippen LogP contribution in [0.3, 0.4) is 0 Å². The summed E-state index contributed by atoms with van der Waals surface area (Å²) in [5.74, 6) is -0.235. The summed E-state index contributed by atoms with van der Waals surface area (Å²) in [4.78, 5) is 14.0. The molecule has 4 heteroatoms. The van der Waals surface area contributed by atoms with Crippen molar-refractivity contribution in [2.45, 2.75) is 0 Å². The minimum atomic E-state index is -0.235. The average molecular weight is 293 g/mol. The van der Waals surface area contributed by atoms with Gasteiger partial charge in [-0.05, 0) is 41.5 Å². The van der Waals surface area contributed by atoms with Gasteiger partial charge in [0.05, 0.1) is 6.21 Å². The Morgan fingerprint density at radius 3 is 2.45 bits per heavy atom. The van der Waals surface area contributed by atoms with Crippen molar-refractivity contribution in [3.05, 3.63) is 71.8 Å². The van der Waals surface area contributed by atoms with E-state index in [0.29, 0.717) is 5.56 Å². The van der Waals surface area contributed by atoms with E-state index in [9.17, 15) is 4.79 Å². The van der Waals surface area contributed by atoms with Crippen LogP contribution < -0.4 is 10.3 Å². The van der Waals surface area contributed by atoms with Gasteiger partial charge in [0, 0.05) is 25.3 Å². The molecule has 0 aliphatic rings. The number of carbonyl (C=O) groups is 1. The van der Waals surface area contributed by atoms with E-state index in [2.05, 4.69) is 17.1 Å². The van der Waals surface area contributed by atoms with Crippen LogP contribution in [0.4, 0.5) is 5.69 Å². The van der Waals surface area contributed by atoms with Crippen LogP contribution in [0.1, 0.15) is 21.5 Å². The average Bonchev–Trinajstić information content (AvgIpc) is 2.55. The number of hydrogen-bond donors (Lipinski definition) is 1. The largest absolute Gasteiger partial charge is 0.378 e. The molecule has 112 valence electrons. The number of hydrogen-bond acceptors (Lipinski definition) is 3. The topological polar surface area (TPSA) is 44.7 Å². The highest BCUT2D eigenvalue weighted by Gasteiger charge is 2.04. The molecule has 1 N–H and O–H groups in total. The lowest BCUT2D eigenvalue weighted by Gasteiger charge is -2.12. The molecule has 0 aliphatic heterocycles. The Bertz CT molecular complexity index is 688. The molecule has 0 bridgehead atoms. The minimum absolute atomic E-state index is 0.235. The van der Waals surface area contributed by atoms with E-state index in [1.54, 1.807) is 24.4 Å². The van der Waals surface area contributed by atoms with Crippen molar-refractivity contribution in [2.24, 2.45) is 5.10 Å². The SMILES string of the molecule is C=Cc1cccc(/C=N/NC(=O)c2ccc(N(C)C)cc2)c1. The zero-order chi connectivity index (χ0) is 15.9. The molecule has 22 heavy (non-hydrogen) atoms. The number of carbonyl (C=O) groups excluding carboxylic acids is 1. The maximum absolute atomic E-state index is 12.0. The molecule has 2 aromatic rings. The van der Waals surface area contributed by atoms with Crippen LogP contribution >= 0.6 is 0 Å². The van der Waals surface area contributed by atoms with Crippen LogP contribution in [0, 0.1) is 0 Å². The van der Waals surface area contributed by atoms with Gasteiger partial charge in [-0.25, -0.2) is 5.43 Å². The Balaban J connectivity index is 1.99. The second-order valence-corrected chi connectivity index (χ2v) is 5.01. The summed E-state index contributed by atoms with van der Waals surface area (Å²) in [6, 6.07) is 15.1. The predicted molar refractivity (Wildman–Crippen MR) is 92.4 cm³/mol. The van der Waals surface area contributed by atoms with Crippen molar-refractivity contribution in [1.29, 1.82) is 0 Å². The Labute approximate surface area is 130 Å². The van der Waals surface area contributed by atoms with Gasteiger partial charge in [-0.1, -0.05) is 30.9 Å². The van der Waals surface area contributed by atoms with Crippen molar-refractivity contribution in [1.82, 2.24) is 5.43 Å². The van der Waals surface area contributed by atoms with Gasteiger partial charge in [0.25, 0.3) is 5.91 Å². The van der Waals surface area contributed by atoms with E-state index in [-0.39, 0.29) is 5.91 Å². The van der Waals surface area contributed by atoms with Gasteiger partial charge in [0.15, 0.2) is 0 Å². The first kappa shape index (κ1) is 15.5. The van der Waals surface area contributed by atoms with Crippen molar-refractivity contribution >= 4 is 23.9 Å². The molecule has 0 unspecified atom stereocenters. The van der Waals surface area contributed by atoms with Gasteiger partial charge < -0.3 is 4.90 Å². The molecule has 0 spiro atoms. The molecule has 2 rings (SSSR count). The van der Waals surface area contributed by atoms with Crippen LogP contribution in [-0.2, 0) is 0 Å². The van der Waals surface area contributed by atoms with E-state index < -0.39 is 0 Å². The summed E-state index contributed by atoms with van der Waals surface area (Å²) in [5, 5.41) is 3.98. The molecule has 0 aromatic heterocycles. The van der Waals surface area contributed by atoms with Crippen LogP contribution in [0.25, 0.3) is 6.08 Å². The molecule has 4 nitrogen and oxygen atoms in total. The van der Waals surface area contributed by atoms with E-state index in [4.69, 9.17) is 0 Å². The first-order chi connectivity index (χ1) is 10.6. The fourth-order valence-electron chi connectivity index (χ4n) is 1.91. The summed E-state index contributed by atoms with van der Waals surface area (Å²) < 4.78 is 0. The molecule has 0 heterocycles. The smallest absolute Gasteiger partial charge is 0.271 e. The Morgan fingerprint density at radius 2 is 1.82 bits per heavy atom. The highest BCUT2D eigenvalue weighted by molar-refractivity contribution is 5.95. The molecule has 0 aliphatic carbocycles. The van der Waals surface area contributed by atoms with Gasteiger partial charge in [0.2, 0.25) is 0 Å². The number of rotatable bonds is 5. The lowest BCUT2D eigenvalue weighted by molar-refractivity contribution is 0.0955. The minimum Gasteiger partial charge on any atom is -0.378 e. The number of nitrogens with one attached hydrogen (secondary N) is 1. The first-order valence-electron chi connectivity index (χ1n) is 6.93. The molecule has 0 saturated heterocycles. The summed E-state index contributed by atoms with van der Waals surface area (Å²) in [6.07, 6.45) is 3.38. The zero-order valence-corrected chi connectivity index (χ0v) is 12.8. The molecular weight excluding hydrogens is 274 g/mol. The second-order valence-electron chi connectivity index (χ2n) is 5.01. The number of amides is 1. The van der Waals surface area contributed by atoms with Gasteiger partial charge >= 0.3 is 0 Å². The molecule has 0 radical (unpaired) electrons. The third-order valence-corrected chi connectivity index (χ3v) is 3.17. The lowest BCUT2D eigenvalue weighted by atomic mass is 10.1. The Kier molecular flexibility index (Phi) is 5.09. The van der Waals surface area contributed by atoms with E-state index in [0.717, 1.165) is 16.8 Å². The van der Waals surface area contributed by atoms with E-state index in [1.165, 1.54) is 0 Å². The van der Waals surface area contributed by atoms with Crippen molar-refractivity contribution in [3.8, 4) is 0 Å². The highest BCUT2D eigenvalue weighted by Crippen LogP contribution is 2.12. The van der Waals surface area contributed by atoms with Gasteiger partial charge in [-0.3, -0.25) is 4.79 Å². The van der Waals surface area contributed by atoms with Crippen molar-refractivity contribution in [2.75, 3.05) is 19.0 Å². The molecule has 2 aromatic carbocycles. The fraction of sp³-hybridized carbons (Fsp3) is 0.111. The monoisotopic (exact) mass is 293 g/mol. The summed E-state index contributed by atoms with van der Waals surface area (Å²) in [7, 11) is 3.91. The van der Waals surface area contributed by atoms with Gasteiger partial charge in [-0.15, -0.1) is 0 Å². The number of benzene rings is 2. The van der Waals surface area contributed by atoms with Crippen LogP contribution in [0.15, 0.2) is 60.2 Å². The normalized spacial score (nSPS) is 10.5. The summed E-state index contributed by atoms with van der Waals surface area (Å²) >= 11 is 0. The van der Waals surface area contributed by atoms with Crippen molar-refractivity contribution in [3.63, 3.8) is 0 Å². The Morgan fingerprint density at radius 1 is 1.14 bits per heavy atom. The predicted octanol–water partition coefficient (Wildman–Crippen LogP) is 3.16. The molecule has 0 atom stereocenters. The third-order valence-electron chi connectivity index (χ3n) is 3.17. The maximum Gasteiger partial charge on any atom is 0.271 e. The van der Waals surface area contributed by atoms with E-state index in [1.807, 2.05) is 55.4 Å². The van der Waals surface area contributed by atoms with Gasteiger partial charge in [0.1, 0.15) is 0 Å². The Hall–Kier alpha value is -2.88. The van der Waals surface area contributed by atoms with E-state index >= 15 is 0 Å². The summed E-state index contributed by atoms with van der Waals surface area (Å²) in [5.41, 5.74) is 6.05. The molecule has 0 saturated carbocycles. The van der Waals surface area contributed by atoms with Crippen LogP contribution in [-0.4, -0.2) is 26.2 Å². The van der Waals surface area contributed by atoms with Gasteiger partial charge in [-0.2, -0.15) is 5.10 Å². The van der Waals surface area contributed by atoms with Crippen LogP contribution in [0.5, 0.6) is 0 Å². The van der Waals surface area contributed by atoms with Crippen molar-refractivity contribution < 1.29 is 4.79 Å².